The normalized spacial score (nSPS) is 11.2. The number of nitrogens with two attached hydrogens (primary N) is 1. The minimum absolute atomic E-state index is 0.0262. The summed E-state index contributed by atoms with van der Waals surface area (Å²) in [5.74, 6) is 0.632. The molecule has 2 aromatic carbocycles. The van der Waals surface area contributed by atoms with E-state index in [9.17, 15) is 9.59 Å². The van der Waals surface area contributed by atoms with E-state index >= 15 is 0 Å². The van der Waals surface area contributed by atoms with Gasteiger partial charge in [-0.3, -0.25) is 4.79 Å². The molecule has 5 nitrogen and oxygen atoms in total. The molecule has 0 spiro atoms. The molecule has 0 unspecified atom stereocenters. The van der Waals surface area contributed by atoms with Gasteiger partial charge in [-0.15, -0.1) is 0 Å². The van der Waals surface area contributed by atoms with Crippen LogP contribution in [0.25, 0.3) is 5.70 Å². The number of unbranched alkanes of at least 4 members (excludes halogenated alkanes) is 4. The topological polar surface area (TPSA) is 78.6 Å². The fourth-order valence-corrected chi connectivity index (χ4v) is 3.01. The summed E-state index contributed by atoms with van der Waals surface area (Å²) in [6, 6.07) is 13.8. The van der Waals surface area contributed by atoms with Gasteiger partial charge < -0.3 is 15.2 Å². The van der Waals surface area contributed by atoms with Crippen molar-refractivity contribution in [2.75, 3.05) is 6.61 Å². The third kappa shape index (κ3) is 8.67. The SMILES string of the molecule is CCCCCOc1cccc(C(=O)Oc2ccc(/C(N)=C/C(=O)CCCCC)cc2)c1. The Balaban J connectivity index is 1.93. The Bertz CT molecular complexity index is 871. The lowest BCUT2D eigenvalue weighted by Gasteiger charge is -2.09. The molecule has 0 saturated heterocycles. The first-order valence-electron chi connectivity index (χ1n) is 11.1. The van der Waals surface area contributed by atoms with Crippen LogP contribution in [0, 0.1) is 0 Å². The number of hydrogen-bond acceptors (Lipinski definition) is 5. The summed E-state index contributed by atoms with van der Waals surface area (Å²) in [6.45, 7) is 4.87. The summed E-state index contributed by atoms with van der Waals surface area (Å²) in [5, 5.41) is 0. The van der Waals surface area contributed by atoms with Gasteiger partial charge in [0.1, 0.15) is 11.5 Å². The zero-order valence-electron chi connectivity index (χ0n) is 18.6. The molecule has 166 valence electrons. The van der Waals surface area contributed by atoms with Crippen molar-refractivity contribution < 1.29 is 19.1 Å². The minimum Gasteiger partial charge on any atom is -0.494 e. The quantitative estimate of drug-likeness (QED) is 0.187. The van der Waals surface area contributed by atoms with Crippen molar-refractivity contribution in [3.05, 3.63) is 65.7 Å². The van der Waals surface area contributed by atoms with Crippen molar-refractivity contribution in [3.63, 3.8) is 0 Å². The highest BCUT2D eigenvalue weighted by Gasteiger charge is 2.10. The first-order chi connectivity index (χ1) is 15.0. The van der Waals surface area contributed by atoms with Gasteiger partial charge in [0.15, 0.2) is 5.78 Å². The van der Waals surface area contributed by atoms with E-state index in [0.29, 0.717) is 41.4 Å². The molecule has 0 aromatic heterocycles. The molecular weight excluding hydrogens is 390 g/mol. The maximum Gasteiger partial charge on any atom is 0.343 e. The van der Waals surface area contributed by atoms with Crippen LogP contribution in [0.5, 0.6) is 11.5 Å². The molecule has 5 heteroatoms. The molecule has 0 aliphatic heterocycles. The maximum atomic E-state index is 12.5. The van der Waals surface area contributed by atoms with Crippen LogP contribution < -0.4 is 15.2 Å². The molecule has 0 radical (unpaired) electrons. The second-order valence-corrected chi connectivity index (χ2v) is 7.52. The predicted octanol–water partition coefficient (Wildman–Crippen LogP) is 5.92. The van der Waals surface area contributed by atoms with Crippen LogP contribution in [0.2, 0.25) is 0 Å². The fraction of sp³-hybridized carbons (Fsp3) is 0.385. The molecule has 2 rings (SSSR count). The summed E-state index contributed by atoms with van der Waals surface area (Å²) >= 11 is 0. The number of ketones is 1. The van der Waals surface area contributed by atoms with Gasteiger partial charge in [-0.2, -0.15) is 0 Å². The molecule has 0 amide bonds. The Kier molecular flexibility index (Phi) is 10.4. The number of carbonyl (C=O) groups excluding carboxylic acids is 2. The predicted molar refractivity (Wildman–Crippen MR) is 124 cm³/mol. The number of rotatable bonds is 13. The summed E-state index contributed by atoms with van der Waals surface area (Å²) in [5.41, 5.74) is 7.59. The van der Waals surface area contributed by atoms with Gasteiger partial charge in [0.05, 0.1) is 12.2 Å². The van der Waals surface area contributed by atoms with E-state index in [1.807, 2.05) is 6.07 Å². The van der Waals surface area contributed by atoms with Gasteiger partial charge >= 0.3 is 5.97 Å². The Morgan fingerprint density at radius 2 is 1.58 bits per heavy atom. The number of ether oxygens (including phenoxy) is 2. The summed E-state index contributed by atoms with van der Waals surface area (Å²) in [6.07, 6.45) is 8.19. The smallest absolute Gasteiger partial charge is 0.343 e. The van der Waals surface area contributed by atoms with Gasteiger partial charge in [-0.1, -0.05) is 45.6 Å². The molecule has 0 heterocycles. The average Bonchev–Trinajstić information content (AvgIpc) is 2.77. The maximum absolute atomic E-state index is 12.5. The summed E-state index contributed by atoms with van der Waals surface area (Å²) < 4.78 is 11.2. The van der Waals surface area contributed by atoms with Gasteiger partial charge in [-0.25, -0.2) is 4.79 Å². The van der Waals surface area contributed by atoms with Gasteiger partial charge in [0.2, 0.25) is 0 Å². The second kappa shape index (κ2) is 13.3. The number of esters is 1. The second-order valence-electron chi connectivity index (χ2n) is 7.52. The van der Waals surface area contributed by atoms with Crippen LogP contribution in [0.4, 0.5) is 0 Å². The molecule has 2 aromatic rings. The van der Waals surface area contributed by atoms with E-state index in [0.717, 1.165) is 38.5 Å². The highest BCUT2D eigenvalue weighted by Crippen LogP contribution is 2.19. The van der Waals surface area contributed by atoms with Gasteiger partial charge in [0, 0.05) is 18.2 Å². The molecule has 0 atom stereocenters. The Morgan fingerprint density at radius 3 is 2.29 bits per heavy atom. The fourth-order valence-electron chi connectivity index (χ4n) is 3.01. The number of benzene rings is 2. The highest BCUT2D eigenvalue weighted by atomic mass is 16.5. The number of allylic oxidation sites excluding steroid dienone is 1. The molecule has 0 aliphatic rings. The van der Waals surface area contributed by atoms with Crippen LogP contribution in [-0.4, -0.2) is 18.4 Å². The lowest BCUT2D eigenvalue weighted by molar-refractivity contribution is -0.114. The number of carbonyl (C=O) groups is 2. The van der Waals surface area contributed by atoms with Crippen molar-refractivity contribution >= 4 is 17.4 Å². The van der Waals surface area contributed by atoms with E-state index in [1.54, 1.807) is 42.5 Å². The van der Waals surface area contributed by atoms with Gasteiger partial charge in [0.25, 0.3) is 0 Å². The van der Waals surface area contributed by atoms with Gasteiger partial charge in [-0.05, 0) is 60.9 Å². The van der Waals surface area contributed by atoms with Crippen LogP contribution >= 0.6 is 0 Å². The summed E-state index contributed by atoms with van der Waals surface area (Å²) in [4.78, 5) is 24.4. The number of hydrogen-bond donors (Lipinski definition) is 1. The van der Waals surface area contributed by atoms with Crippen molar-refractivity contribution in [2.24, 2.45) is 5.73 Å². The van der Waals surface area contributed by atoms with Crippen LogP contribution in [0.1, 0.15) is 74.7 Å². The monoisotopic (exact) mass is 423 g/mol. The lowest BCUT2D eigenvalue weighted by Crippen LogP contribution is -2.09. The Morgan fingerprint density at radius 1 is 0.871 bits per heavy atom. The Hall–Kier alpha value is -3.08. The zero-order chi connectivity index (χ0) is 22.5. The average molecular weight is 424 g/mol. The minimum atomic E-state index is -0.457. The third-order valence-corrected chi connectivity index (χ3v) is 4.83. The zero-order valence-corrected chi connectivity index (χ0v) is 18.6. The van der Waals surface area contributed by atoms with E-state index in [4.69, 9.17) is 15.2 Å². The van der Waals surface area contributed by atoms with Crippen molar-refractivity contribution in [3.8, 4) is 11.5 Å². The van der Waals surface area contributed by atoms with E-state index < -0.39 is 5.97 Å². The van der Waals surface area contributed by atoms with E-state index in [2.05, 4.69) is 13.8 Å². The molecule has 0 saturated carbocycles. The Labute approximate surface area is 185 Å². The van der Waals surface area contributed by atoms with Crippen LogP contribution in [0.3, 0.4) is 0 Å². The third-order valence-electron chi connectivity index (χ3n) is 4.83. The van der Waals surface area contributed by atoms with Crippen LogP contribution in [0.15, 0.2) is 54.6 Å². The molecule has 0 aliphatic carbocycles. The highest BCUT2D eigenvalue weighted by molar-refractivity contribution is 5.96. The van der Waals surface area contributed by atoms with E-state index in [-0.39, 0.29) is 5.78 Å². The molecule has 0 fully saturated rings. The van der Waals surface area contributed by atoms with Crippen molar-refractivity contribution in [1.29, 1.82) is 0 Å². The van der Waals surface area contributed by atoms with Crippen molar-refractivity contribution in [2.45, 2.75) is 58.8 Å². The lowest BCUT2D eigenvalue weighted by atomic mass is 10.1. The van der Waals surface area contributed by atoms with E-state index in [1.165, 1.54) is 6.08 Å². The molecule has 0 bridgehead atoms. The summed E-state index contributed by atoms with van der Waals surface area (Å²) in [7, 11) is 0. The molecule has 31 heavy (non-hydrogen) atoms. The molecular formula is C26H33NO4. The first-order valence-corrected chi connectivity index (χ1v) is 11.1. The van der Waals surface area contributed by atoms with Crippen molar-refractivity contribution in [1.82, 2.24) is 0 Å². The largest absolute Gasteiger partial charge is 0.494 e. The first kappa shape index (κ1) is 24.2. The van der Waals surface area contributed by atoms with Crippen LogP contribution in [-0.2, 0) is 4.79 Å². The standard InChI is InChI=1S/C26H33NO4/c1-3-5-7-11-22(28)19-25(27)20-13-15-23(16-14-20)31-26(29)21-10-9-12-24(18-21)30-17-8-6-4-2/h9-10,12-16,18-19H,3-8,11,17,27H2,1-2H3/b25-19-. The molecule has 2 N–H and O–H groups in total.